The topological polar surface area (TPSA) is 75.9 Å². The molecule has 1 aliphatic rings. The van der Waals surface area contributed by atoms with Crippen molar-refractivity contribution in [2.24, 2.45) is 0 Å². The number of hydrogen-bond acceptors (Lipinski definition) is 5. The second-order valence-corrected chi connectivity index (χ2v) is 6.74. The molecule has 1 atom stereocenters. The van der Waals surface area contributed by atoms with Crippen LogP contribution in [-0.4, -0.2) is 52.9 Å². The Balaban J connectivity index is 1.49. The largest absolute Gasteiger partial charge is 0.481 e. The quantitative estimate of drug-likeness (QED) is 0.563. The molecule has 0 spiro atoms. The number of nitrogens with zero attached hydrogens (tertiary/aromatic N) is 3. The minimum atomic E-state index is -0.684. The summed E-state index contributed by atoms with van der Waals surface area (Å²) < 4.78 is 18.9. The van der Waals surface area contributed by atoms with E-state index in [1.165, 1.54) is 36.4 Å². The minimum absolute atomic E-state index is 0.0271. The summed E-state index contributed by atoms with van der Waals surface area (Å²) in [6.07, 6.45) is -0.684. The zero-order valence-electron chi connectivity index (χ0n) is 15.6. The first-order valence-corrected chi connectivity index (χ1v) is 9.09. The van der Waals surface area contributed by atoms with Crippen LogP contribution in [0.4, 0.5) is 10.1 Å². The number of piperazine rings is 1. The molecule has 1 amide bonds. The highest BCUT2D eigenvalue weighted by atomic mass is 19.1. The molecule has 7 nitrogen and oxygen atoms in total. The van der Waals surface area contributed by atoms with Gasteiger partial charge in [0.25, 0.3) is 11.6 Å². The summed E-state index contributed by atoms with van der Waals surface area (Å²) in [6.45, 7) is 4.86. The number of benzene rings is 2. The molecule has 0 aliphatic carbocycles. The molecule has 0 radical (unpaired) electrons. The highest BCUT2D eigenvalue weighted by Crippen LogP contribution is 2.19. The van der Waals surface area contributed by atoms with E-state index in [0.29, 0.717) is 38.5 Å². The van der Waals surface area contributed by atoms with Gasteiger partial charge in [-0.05, 0) is 36.8 Å². The molecule has 2 aromatic rings. The van der Waals surface area contributed by atoms with Crippen LogP contribution in [0.25, 0.3) is 0 Å². The predicted octanol–water partition coefficient (Wildman–Crippen LogP) is 2.85. The first-order chi connectivity index (χ1) is 13.4. The fourth-order valence-corrected chi connectivity index (χ4v) is 3.18. The Bertz CT molecular complexity index is 836. The second kappa shape index (κ2) is 8.79. The highest BCUT2D eigenvalue weighted by Gasteiger charge is 2.26. The smallest absolute Gasteiger partial charge is 0.269 e. The summed E-state index contributed by atoms with van der Waals surface area (Å²) in [5.41, 5.74) is 0.885. The van der Waals surface area contributed by atoms with Gasteiger partial charge in [-0.15, -0.1) is 0 Å². The van der Waals surface area contributed by atoms with Gasteiger partial charge in [0, 0.05) is 44.9 Å². The molecule has 8 heteroatoms. The number of rotatable bonds is 6. The van der Waals surface area contributed by atoms with Gasteiger partial charge < -0.3 is 9.64 Å². The maximum atomic E-state index is 13.3. The molecule has 0 bridgehead atoms. The van der Waals surface area contributed by atoms with Crippen LogP contribution in [0, 0.1) is 15.9 Å². The number of ether oxygens (including phenoxy) is 1. The number of nitro groups is 1. The summed E-state index contributed by atoms with van der Waals surface area (Å²) in [5, 5.41) is 10.7. The van der Waals surface area contributed by atoms with E-state index in [0.717, 1.165) is 5.56 Å². The van der Waals surface area contributed by atoms with Crippen molar-refractivity contribution in [1.29, 1.82) is 0 Å². The summed E-state index contributed by atoms with van der Waals surface area (Å²) in [6, 6.07) is 12.2. The van der Waals surface area contributed by atoms with Crippen LogP contribution in [-0.2, 0) is 11.3 Å². The lowest BCUT2D eigenvalue weighted by Gasteiger charge is -2.35. The minimum Gasteiger partial charge on any atom is -0.481 e. The third-order valence-corrected chi connectivity index (χ3v) is 4.69. The van der Waals surface area contributed by atoms with E-state index in [1.54, 1.807) is 17.9 Å². The van der Waals surface area contributed by atoms with Crippen molar-refractivity contribution in [3.05, 3.63) is 70.0 Å². The Morgan fingerprint density at radius 1 is 1.18 bits per heavy atom. The van der Waals surface area contributed by atoms with Crippen molar-refractivity contribution in [3.8, 4) is 5.75 Å². The molecule has 28 heavy (non-hydrogen) atoms. The van der Waals surface area contributed by atoms with Crippen LogP contribution in [0.5, 0.6) is 5.75 Å². The van der Waals surface area contributed by atoms with Gasteiger partial charge in [0.15, 0.2) is 6.10 Å². The van der Waals surface area contributed by atoms with E-state index in [-0.39, 0.29) is 17.4 Å². The van der Waals surface area contributed by atoms with E-state index in [2.05, 4.69) is 4.90 Å². The van der Waals surface area contributed by atoms with Crippen molar-refractivity contribution in [2.45, 2.75) is 19.6 Å². The summed E-state index contributed by atoms with van der Waals surface area (Å²) in [5.74, 6) is 0.0449. The Kier molecular flexibility index (Phi) is 6.20. The Hall–Kier alpha value is -3.00. The summed E-state index contributed by atoms with van der Waals surface area (Å²) in [4.78, 5) is 26.7. The van der Waals surface area contributed by atoms with Crippen LogP contribution in [0.3, 0.4) is 0 Å². The Labute approximate surface area is 162 Å². The maximum absolute atomic E-state index is 13.3. The lowest BCUT2D eigenvalue weighted by Crippen LogP contribution is -2.51. The number of halogens is 1. The van der Waals surface area contributed by atoms with E-state index >= 15 is 0 Å². The molecular weight excluding hydrogens is 365 g/mol. The maximum Gasteiger partial charge on any atom is 0.269 e. The van der Waals surface area contributed by atoms with E-state index in [1.807, 2.05) is 6.07 Å². The molecule has 0 N–H and O–H groups in total. The summed E-state index contributed by atoms with van der Waals surface area (Å²) in [7, 11) is 0. The molecule has 0 unspecified atom stereocenters. The lowest BCUT2D eigenvalue weighted by molar-refractivity contribution is -0.384. The van der Waals surface area contributed by atoms with Gasteiger partial charge in [-0.1, -0.05) is 12.1 Å². The number of non-ortho nitro benzene ring substituents is 1. The molecule has 1 aliphatic heterocycles. The Morgan fingerprint density at radius 2 is 1.86 bits per heavy atom. The number of amides is 1. The lowest BCUT2D eigenvalue weighted by atomic mass is 10.2. The number of carbonyl (C=O) groups excluding carboxylic acids is 1. The molecule has 2 aromatic carbocycles. The number of hydrogen-bond donors (Lipinski definition) is 0. The molecule has 1 heterocycles. The van der Waals surface area contributed by atoms with E-state index < -0.39 is 11.0 Å². The molecule has 0 saturated carbocycles. The number of carbonyl (C=O) groups is 1. The average Bonchev–Trinajstić information content (AvgIpc) is 2.68. The molecule has 148 valence electrons. The zero-order chi connectivity index (χ0) is 20.1. The van der Waals surface area contributed by atoms with Gasteiger partial charge >= 0.3 is 0 Å². The summed E-state index contributed by atoms with van der Waals surface area (Å²) >= 11 is 0. The first-order valence-electron chi connectivity index (χ1n) is 9.09. The second-order valence-electron chi connectivity index (χ2n) is 6.74. The molecule has 0 aromatic heterocycles. The van der Waals surface area contributed by atoms with Gasteiger partial charge in [-0.3, -0.25) is 19.8 Å². The monoisotopic (exact) mass is 387 g/mol. The Morgan fingerprint density at radius 3 is 2.46 bits per heavy atom. The third kappa shape index (κ3) is 5.04. The van der Waals surface area contributed by atoms with Gasteiger partial charge in [-0.25, -0.2) is 4.39 Å². The van der Waals surface area contributed by atoms with Crippen molar-refractivity contribution in [1.82, 2.24) is 9.80 Å². The van der Waals surface area contributed by atoms with Crippen molar-refractivity contribution in [2.75, 3.05) is 26.2 Å². The number of nitro benzene ring substituents is 1. The van der Waals surface area contributed by atoms with Gasteiger partial charge in [0.1, 0.15) is 11.6 Å². The van der Waals surface area contributed by atoms with Crippen LogP contribution in [0.15, 0.2) is 48.5 Å². The van der Waals surface area contributed by atoms with E-state index in [9.17, 15) is 19.3 Å². The van der Waals surface area contributed by atoms with Gasteiger partial charge in [0.2, 0.25) is 0 Å². The van der Waals surface area contributed by atoms with Crippen LogP contribution < -0.4 is 4.74 Å². The third-order valence-electron chi connectivity index (χ3n) is 4.69. The predicted molar refractivity (Wildman–Crippen MR) is 101 cm³/mol. The standard InChI is InChI=1S/C20H22FN3O4/c1-15(28-19-7-5-18(6-8-19)24(26)27)20(25)23-11-9-22(10-12-23)14-16-3-2-4-17(21)13-16/h2-8,13,15H,9-12,14H2,1H3/t15-/m1/s1. The molecule has 1 saturated heterocycles. The average molecular weight is 387 g/mol. The van der Waals surface area contributed by atoms with Crippen molar-refractivity contribution in [3.63, 3.8) is 0 Å². The van der Waals surface area contributed by atoms with Crippen LogP contribution in [0.1, 0.15) is 12.5 Å². The fraction of sp³-hybridized carbons (Fsp3) is 0.350. The van der Waals surface area contributed by atoms with Gasteiger partial charge in [-0.2, -0.15) is 0 Å². The highest BCUT2D eigenvalue weighted by molar-refractivity contribution is 5.81. The van der Waals surface area contributed by atoms with Crippen LogP contribution in [0.2, 0.25) is 0 Å². The van der Waals surface area contributed by atoms with Crippen molar-refractivity contribution < 1.29 is 18.8 Å². The van der Waals surface area contributed by atoms with Crippen molar-refractivity contribution >= 4 is 11.6 Å². The first kappa shape index (κ1) is 19.8. The SMILES string of the molecule is C[C@@H](Oc1ccc([N+](=O)[O-])cc1)C(=O)N1CCN(Cc2cccc(F)c2)CC1. The van der Waals surface area contributed by atoms with E-state index in [4.69, 9.17) is 4.74 Å². The molecular formula is C20H22FN3O4. The fourth-order valence-electron chi connectivity index (χ4n) is 3.18. The molecule has 3 rings (SSSR count). The molecule has 1 fully saturated rings. The van der Waals surface area contributed by atoms with Gasteiger partial charge in [0.05, 0.1) is 4.92 Å². The normalized spacial score (nSPS) is 15.9. The van der Waals surface area contributed by atoms with Crippen LogP contribution >= 0.6 is 0 Å². The zero-order valence-corrected chi connectivity index (χ0v) is 15.6.